The van der Waals surface area contributed by atoms with Crippen LogP contribution in [0.1, 0.15) is 41.8 Å². The van der Waals surface area contributed by atoms with E-state index in [2.05, 4.69) is 24.5 Å². The van der Waals surface area contributed by atoms with Crippen LogP contribution in [0.15, 0.2) is 24.3 Å². The predicted molar refractivity (Wildman–Crippen MR) is 123 cm³/mol. The number of thiophene rings is 1. The van der Waals surface area contributed by atoms with Crippen LogP contribution in [0, 0.1) is 12.8 Å². The summed E-state index contributed by atoms with van der Waals surface area (Å²) in [6.45, 7) is 6.76. The van der Waals surface area contributed by atoms with E-state index in [-0.39, 0.29) is 17.6 Å². The molecule has 2 rings (SSSR count). The summed E-state index contributed by atoms with van der Waals surface area (Å²) in [5.41, 5.74) is 14.0. The van der Waals surface area contributed by atoms with Crippen LogP contribution in [0.25, 0.3) is 10.4 Å². The van der Waals surface area contributed by atoms with Crippen molar-refractivity contribution in [1.29, 1.82) is 0 Å². The molecular weight excluding hydrogens is 416 g/mol. The molecule has 8 nitrogen and oxygen atoms in total. The lowest BCUT2D eigenvalue weighted by Gasteiger charge is -2.18. The van der Waals surface area contributed by atoms with E-state index >= 15 is 0 Å². The zero-order chi connectivity index (χ0) is 23.1. The van der Waals surface area contributed by atoms with E-state index in [1.807, 2.05) is 25.1 Å². The van der Waals surface area contributed by atoms with Crippen molar-refractivity contribution >= 4 is 34.2 Å². The maximum Gasteiger partial charge on any atom is 0.322 e. The number of ether oxygens (including phenoxy) is 1. The van der Waals surface area contributed by atoms with Gasteiger partial charge in [0.1, 0.15) is 11.0 Å². The Morgan fingerprint density at radius 1 is 1.16 bits per heavy atom. The molecule has 9 heteroatoms. The van der Waals surface area contributed by atoms with Gasteiger partial charge in [0.05, 0.1) is 12.7 Å². The number of anilines is 1. The van der Waals surface area contributed by atoms with Gasteiger partial charge in [0, 0.05) is 4.88 Å². The molecule has 1 heterocycles. The minimum Gasteiger partial charge on any atom is -0.468 e. The second-order valence-corrected chi connectivity index (χ2v) is 8.81. The molecule has 0 aliphatic rings. The Kier molecular flexibility index (Phi) is 8.58. The summed E-state index contributed by atoms with van der Waals surface area (Å²) in [5, 5.41) is 6.07. The SMILES string of the molecule is COC(=O)[C@H](CC(C)C)NCCc1cc(-c2cc(C(N)=O)c(NC(N)=O)s2)ccc1C. The van der Waals surface area contributed by atoms with Gasteiger partial charge in [-0.15, -0.1) is 11.3 Å². The molecule has 0 saturated carbocycles. The lowest BCUT2D eigenvalue weighted by atomic mass is 10.00. The van der Waals surface area contributed by atoms with Crippen molar-refractivity contribution < 1.29 is 19.1 Å². The first-order valence-electron chi connectivity index (χ1n) is 10.0. The smallest absolute Gasteiger partial charge is 0.322 e. The number of esters is 1. The summed E-state index contributed by atoms with van der Waals surface area (Å²) in [4.78, 5) is 35.7. The molecule has 0 aliphatic heterocycles. The Hall–Kier alpha value is -2.91. The molecule has 0 saturated heterocycles. The van der Waals surface area contributed by atoms with E-state index in [4.69, 9.17) is 16.2 Å². The van der Waals surface area contributed by atoms with Crippen LogP contribution in [0.5, 0.6) is 0 Å². The lowest BCUT2D eigenvalue weighted by molar-refractivity contribution is -0.143. The van der Waals surface area contributed by atoms with E-state index in [0.717, 1.165) is 21.6 Å². The van der Waals surface area contributed by atoms with Crippen LogP contribution >= 0.6 is 11.3 Å². The minimum absolute atomic E-state index is 0.220. The monoisotopic (exact) mass is 446 g/mol. The highest BCUT2D eigenvalue weighted by Crippen LogP contribution is 2.36. The first-order chi connectivity index (χ1) is 14.6. The number of primary amides is 2. The van der Waals surface area contributed by atoms with E-state index in [9.17, 15) is 14.4 Å². The van der Waals surface area contributed by atoms with Gasteiger partial charge in [0.15, 0.2) is 0 Å². The summed E-state index contributed by atoms with van der Waals surface area (Å²) in [6.07, 6.45) is 1.41. The Balaban J connectivity index is 2.19. The van der Waals surface area contributed by atoms with Crippen molar-refractivity contribution in [2.45, 2.75) is 39.7 Å². The molecular formula is C22H30N4O4S. The molecule has 0 bridgehead atoms. The Morgan fingerprint density at radius 3 is 2.45 bits per heavy atom. The number of carbonyl (C=O) groups is 3. The van der Waals surface area contributed by atoms with Gasteiger partial charge in [-0.05, 0) is 55.0 Å². The van der Waals surface area contributed by atoms with E-state index < -0.39 is 11.9 Å². The standard InChI is InChI=1S/C22H30N4O4S/c1-12(2)9-17(21(28)30-4)25-8-7-14-10-15(6-5-13(14)3)18-11-16(19(23)27)20(31-18)26-22(24)29/h5-6,10-12,17,25H,7-9H2,1-4H3,(H2,23,27)(H3,24,26,29)/t17-/m0/s1. The Morgan fingerprint density at radius 2 is 1.87 bits per heavy atom. The molecule has 168 valence electrons. The average Bonchev–Trinajstić information content (AvgIpc) is 3.11. The summed E-state index contributed by atoms with van der Waals surface area (Å²) in [5.74, 6) is -0.531. The topological polar surface area (TPSA) is 137 Å². The fourth-order valence-electron chi connectivity index (χ4n) is 3.27. The van der Waals surface area contributed by atoms with E-state index in [1.165, 1.54) is 18.4 Å². The second-order valence-electron chi connectivity index (χ2n) is 7.76. The fraction of sp³-hybridized carbons (Fsp3) is 0.409. The molecule has 31 heavy (non-hydrogen) atoms. The van der Waals surface area contributed by atoms with Crippen LogP contribution in [-0.2, 0) is 16.0 Å². The molecule has 0 unspecified atom stereocenters. The highest BCUT2D eigenvalue weighted by atomic mass is 32.1. The lowest BCUT2D eigenvalue weighted by Crippen LogP contribution is -2.39. The van der Waals surface area contributed by atoms with Gasteiger partial charge >= 0.3 is 12.0 Å². The first-order valence-corrected chi connectivity index (χ1v) is 10.8. The highest BCUT2D eigenvalue weighted by molar-refractivity contribution is 7.20. The maximum atomic E-state index is 12.0. The van der Waals surface area contributed by atoms with Crippen LogP contribution in [0.4, 0.5) is 9.80 Å². The zero-order valence-electron chi connectivity index (χ0n) is 18.3. The number of aryl methyl sites for hydroxylation is 1. The number of nitrogens with one attached hydrogen (secondary N) is 2. The number of hydrogen-bond acceptors (Lipinski definition) is 6. The van der Waals surface area contributed by atoms with Crippen molar-refractivity contribution in [2.24, 2.45) is 17.4 Å². The van der Waals surface area contributed by atoms with Gasteiger partial charge in [-0.3, -0.25) is 14.9 Å². The van der Waals surface area contributed by atoms with Crippen LogP contribution < -0.4 is 22.1 Å². The molecule has 1 aromatic heterocycles. The molecule has 1 aromatic carbocycles. The summed E-state index contributed by atoms with van der Waals surface area (Å²) >= 11 is 1.24. The van der Waals surface area contributed by atoms with Crippen molar-refractivity contribution in [2.75, 3.05) is 19.0 Å². The van der Waals surface area contributed by atoms with E-state index in [0.29, 0.717) is 30.3 Å². The number of urea groups is 1. The highest BCUT2D eigenvalue weighted by Gasteiger charge is 2.20. The van der Waals surface area contributed by atoms with Crippen molar-refractivity contribution in [1.82, 2.24) is 5.32 Å². The molecule has 0 radical (unpaired) electrons. The summed E-state index contributed by atoms with van der Waals surface area (Å²) < 4.78 is 4.90. The van der Waals surface area contributed by atoms with Gasteiger partial charge in [-0.1, -0.05) is 32.0 Å². The predicted octanol–water partition coefficient (Wildman–Crippen LogP) is 3.03. The van der Waals surface area contributed by atoms with Gasteiger partial charge in [0.2, 0.25) is 0 Å². The maximum absolute atomic E-state index is 12.0. The van der Waals surface area contributed by atoms with Gasteiger partial charge < -0.3 is 21.5 Å². The largest absolute Gasteiger partial charge is 0.468 e. The first kappa shape index (κ1) is 24.4. The molecule has 0 spiro atoms. The number of benzene rings is 1. The molecule has 3 amide bonds. The van der Waals surface area contributed by atoms with Crippen LogP contribution in [0.2, 0.25) is 0 Å². The average molecular weight is 447 g/mol. The second kappa shape index (κ2) is 10.9. The van der Waals surface area contributed by atoms with Crippen LogP contribution in [-0.4, -0.2) is 37.6 Å². The van der Waals surface area contributed by atoms with Gasteiger partial charge in [-0.25, -0.2) is 4.79 Å². The number of methoxy groups -OCH3 is 1. The van der Waals surface area contributed by atoms with Gasteiger partial charge in [-0.2, -0.15) is 0 Å². The summed E-state index contributed by atoms with van der Waals surface area (Å²) in [7, 11) is 1.40. The molecule has 0 fully saturated rings. The van der Waals surface area contributed by atoms with Crippen molar-refractivity contribution in [3.8, 4) is 10.4 Å². The van der Waals surface area contributed by atoms with Crippen LogP contribution in [0.3, 0.4) is 0 Å². The number of hydrogen-bond donors (Lipinski definition) is 4. The number of rotatable bonds is 10. The number of carbonyl (C=O) groups excluding carboxylic acids is 3. The van der Waals surface area contributed by atoms with Gasteiger partial charge in [0.25, 0.3) is 5.91 Å². The number of nitrogens with two attached hydrogens (primary N) is 2. The van der Waals surface area contributed by atoms with Crippen molar-refractivity contribution in [3.05, 3.63) is 41.0 Å². The third-order valence-corrected chi connectivity index (χ3v) is 5.95. The zero-order valence-corrected chi connectivity index (χ0v) is 19.1. The molecule has 2 aromatic rings. The minimum atomic E-state index is -0.756. The third kappa shape index (κ3) is 6.80. The Labute approximate surface area is 186 Å². The Bertz CT molecular complexity index is 955. The molecule has 1 atom stereocenters. The summed E-state index contributed by atoms with van der Waals surface area (Å²) in [6, 6.07) is 6.55. The molecule has 6 N–H and O–H groups in total. The molecule has 0 aliphatic carbocycles. The van der Waals surface area contributed by atoms with Crippen molar-refractivity contribution in [3.63, 3.8) is 0 Å². The normalized spacial score (nSPS) is 11.9. The third-order valence-electron chi connectivity index (χ3n) is 4.85. The number of amides is 3. The quantitative estimate of drug-likeness (QED) is 0.416. The van der Waals surface area contributed by atoms with E-state index in [1.54, 1.807) is 6.07 Å². The fourth-order valence-corrected chi connectivity index (χ4v) is 4.34.